The van der Waals surface area contributed by atoms with Gasteiger partial charge in [0.05, 0.1) is 19.7 Å². The van der Waals surface area contributed by atoms with Crippen LogP contribution < -0.4 is 15.4 Å². The quantitative estimate of drug-likeness (QED) is 0.228. The molecule has 0 aliphatic carbocycles. The van der Waals surface area contributed by atoms with E-state index in [9.17, 15) is 4.79 Å². The number of hydrogen-bond acceptors (Lipinski definition) is 4. The first-order chi connectivity index (χ1) is 13.5. The summed E-state index contributed by atoms with van der Waals surface area (Å²) in [5.41, 5.74) is 1.11. The number of aliphatic imine (C=N–C) groups is 1. The summed E-state index contributed by atoms with van der Waals surface area (Å²) in [6.07, 6.45) is 3.04. The van der Waals surface area contributed by atoms with Crippen molar-refractivity contribution >= 4 is 35.8 Å². The Morgan fingerprint density at radius 2 is 2.14 bits per heavy atom. The van der Waals surface area contributed by atoms with Crippen LogP contribution in [0.4, 0.5) is 0 Å². The largest absolute Gasteiger partial charge is 0.497 e. The number of carbonyl (C=O) groups excluding carboxylic acids is 1. The van der Waals surface area contributed by atoms with Crippen molar-refractivity contribution in [3.05, 3.63) is 29.8 Å². The Morgan fingerprint density at radius 1 is 1.34 bits per heavy atom. The number of methoxy groups -OCH3 is 1. The molecule has 2 N–H and O–H groups in total. The molecule has 0 aromatic heterocycles. The summed E-state index contributed by atoms with van der Waals surface area (Å²) in [5, 5.41) is 6.68. The predicted molar refractivity (Wildman–Crippen MR) is 129 cm³/mol. The van der Waals surface area contributed by atoms with Gasteiger partial charge in [-0.25, -0.2) is 4.99 Å². The Balaban J connectivity index is 0.00000420. The van der Waals surface area contributed by atoms with Gasteiger partial charge in [0, 0.05) is 33.7 Å². The van der Waals surface area contributed by atoms with Crippen molar-refractivity contribution in [3.8, 4) is 5.75 Å². The molecule has 164 valence electrons. The van der Waals surface area contributed by atoms with E-state index < -0.39 is 0 Å². The van der Waals surface area contributed by atoms with Gasteiger partial charge in [-0.05, 0) is 50.4 Å². The number of likely N-dealkylation sites (tertiary alicyclic amines) is 1. The Labute approximate surface area is 192 Å². The zero-order valence-electron chi connectivity index (χ0n) is 18.1. The van der Waals surface area contributed by atoms with E-state index in [1.54, 1.807) is 12.0 Å². The van der Waals surface area contributed by atoms with Crippen LogP contribution in [0, 0.1) is 0 Å². The molecule has 1 aliphatic heterocycles. The average Bonchev–Trinajstić information content (AvgIpc) is 3.17. The number of amides is 1. The molecular formula is C21H36IN5O2. The second kappa shape index (κ2) is 13.6. The van der Waals surface area contributed by atoms with Gasteiger partial charge in [-0.2, -0.15) is 0 Å². The maximum atomic E-state index is 12.3. The topological polar surface area (TPSA) is 69.2 Å². The summed E-state index contributed by atoms with van der Waals surface area (Å²) >= 11 is 0. The number of nitrogens with zero attached hydrogens (tertiary/aromatic N) is 3. The first kappa shape index (κ1) is 25.5. The van der Waals surface area contributed by atoms with Crippen LogP contribution in [0.2, 0.25) is 0 Å². The lowest BCUT2D eigenvalue weighted by Crippen LogP contribution is -2.44. The second-order valence-electron chi connectivity index (χ2n) is 7.25. The van der Waals surface area contributed by atoms with Crippen LogP contribution in [0.15, 0.2) is 29.3 Å². The van der Waals surface area contributed by atoms with Gasteiger partial charge in [0.15, 0.2) is 5.96 Å². The van der Waals surface area contributed by atoms with Crippen molar-refractivity contribution in [3.63, 3.8) is 0 Å². The number of hydrogen-bond donors (Lipinski definition) is 2. The van der Waals surface area contributed by atoms with Crippen LogP contribution in [-0.2, 0) is 11.3 Å². The van der Waals surface area contributed by atoms with Crippen molar-refractivity contribution < 1.29 is 9.53 Å². The van der Waals surface area contributed by atoms with Crippen LogP contribution in [0.5, 0.6) is 5.75 Å². The van der Waals surface area contributed by atoms with Gasteiger partial charge in [0.25, 0.3) is 0 Å². The van der Waals surface area contributed by atoms with Crippen molar-refractivity contribution in [2.45, 2.75) is 38.8 Å². The minimum Gasteiger partial charge on any atom is -0.497 e. The van der Waals surface area contributed by atoms with E-state index >= 15 is 0 Å². The van der Waals surface area contributed by atoms with Crippen LogP contribution >= 0.6 is 24.0 Å². The number of guanidine groups is 1. The molecule has 0 saturated carbocycles. The highest BCUT2D eigenvalue weighted by Crippen LogP contribution is 2.18. The Hall–Kier alpha value is -1.55. The van der Waals surface area contributed by atoms with Gasteiger partial charge >= 0.3 is 0 Å². The molecule has 0 bridgehead atoms. The molecule has 1 aromatic rings. The molecule has 29 heavy (non-hydrogen) atoms. The third-order valence-corrected chi connectivity index (χ3v) is 4.90. The van der Waals surface area contributed by atoms with Crippen molar-refractivity contribution in [2.24, 2.45) is 4.99 Å². The molecular weight excluding hydrogens is 481 g/mol. The van der Waals surface area contributed by atoms with Crippen molar-refractivity contribution in [2.75, 3.05) is 47.4 Å². The van der Waals surface area contributed by atoms with E-state index in [4.69, 9.17) is 4.74 Å². The molecule has 8 heteroatoms. The molecule has 1 unspecified atom stereocenters. The number of halogens is 1. The molecule has 2 rings (SSSR count). The highest BCUT2D eigenvalue weighted by Gasteiger charge is 2.30. The molecule has 1 aliphatic rings. The number of carbonyl (C=O) groups is 1. The van der Waals surface area contributed by atoms with Gasteiger partial charge in [-0.1, -0.05) is 12.1 Å². The lowest BCUT2D eigenvalue weighted by molar-refractivity contribution is -0.133. The minimum absolute atomic E-state index is 0. The predicted octanol–water partition coefficient (Wildman–Crippen LogP) is 2.31. The van der Waals surface area contributed by atoms with E-state index in [1.807, 2.05) is 38.4 Å². The fourth-order valence-electron chi connectivity index (χ4n) is 3.44. The SMILES string of the molecule is CCNC(=NCc1cccc(OC)c1)NCCCN1CCCC1C(=O)N(C)C.I. The summed E-state index contributed by atoms with van der Waals surface area (Å²) < 4.78 is 5.27. The van der Waals surface area contributed by atoms with Gasteiger partial charge in [0.1, 0.15) is 5.75 Å². The summed E-state index contributed by atoms with van der Waals surface area (Å²) in [7, 11) is 5.34. The molecule has 1 fully saturated rings. The highest BCUT2D eigenvalue weighted by atomic mass is 127. The minimum atomic E-state index is 0. The Bertz CT molecular complexity index is 654. The zero-order valence-corrected chi connectivity index (χ0v) is 20.4. The molecule has 0 radical (unpaired) electrons. The fourth-order valence-corrected chi connectivity index (χ4v) is 3.44. The fraction of sp³-hybridized carbons (Fsp3) is 0.619. The van der Waals surface area contributed by atoms with Crippen LogP contribution in [-0.4, -0.2) is 75.1 Å². The third kappa shape index (κ3) is 8.38. The number of ether oxygens (including phenoxy) is 1. The maximum Gasteiger partial charge on any atom is 0.239 e. The van der Waals surface area contributed by atoms with Gasteiger partial charge in [-0.3, -0.25) is 9.69 Å². The highest BCUT2D eigenvalue weighted by molar-refractivity contribution is 14.0. The number of rotatable bonds is 9. The Morgan fingerprint density at radius 3 is 2.83 bits per heavy atom. The van der Waals surface area contributed by atoms with Crippen LogP contribution in [0.25, 0.3) is 0 Å². The molecule has 1 heterocycles. The van der Waals surface area contributed by atoms with Crippen LogP contribution in [0.3, 0.4) is 0 Å². The number of likely N-dealkylation sites (N-methyl/N-ethyl adjacent to an activating group) is 1. The summed E-state index contributed by atoms with van der Waals surface area (Å²) in [4.78, 5) is 21.0. The average molecular weight is 517 g/mol. The lowest BCUT2D eigenvalue weighted by atomic mass is 10.2. The first-order valence-corrected chi connectivity index (χ1v) is 10.2. The maximum absolute atomic E-state index is 12.3. The van der Waals surface area contributed by atoms with Crippen molar-refractivity contribution in [1.82, 2.24) is 20.4 Å². The normalized spacial score (nSPS) is 16.8. The smallest absolute Gasteiger partial charge is 0.239 e. The summed E-state index contributed by atoms with van der Waals surface area (Å²) in [6, 6.07) is 8.01. The molecule has 1 saturated heterocycles. The number of benzene rings is 1. The molecule has 1 atom stereocenters. The van der Waals surface area contributed by atoms with E-state index in [2.05, 4.69) is 27.4 Å². The van der Waals surface area contributed by atoms with E-state index in [-0.39, 0.29) is 35.9 Å². The lowest BCUT2D eigenvalue weighted by Gasteiger charge is -2.26. The number of nitrogens with one attached hydrogen (secondary N) is 2. The third-order valence-electron chi connectivity index (χ3n) is 4.90. The molecule has 1 aromatic carbocycles. The standard InChI is InChI=1S/C21H35N5O2.HI/c1-5-22-21(24-16-17-9-6-10-18(15-17)28-4)23-12-8-14-26-13-7-11-19(26)20(27)25(2)3;/h6,9-10,15,19H,5,7-8,11-14,16H2,1-4H3,(H2,22,23,24);1H. The van der Waals surface area contributed by atoms with Crippen molar-refractivity contribution in [1.29, 1.82) is 0 Å². The van der Waals surface area contributed by atoms with Gasteiger partial charge in [-0.15, -0.1) is 24.0 Å². The molecule has 1 amide bonds. The monoisotopic (exact) mass is 517 g/mol. The van der Waals surface area contributed by atoms with Gasteiger partial charge in [0.2, 0.25) is 5.91 Å². The summed E-state index contributed by atoms with van der Waals surface area (Å²) in [6.45, 7) is 6.22. The summed E-state index contributed by atoms with van der Waals surface area (Å²) in [5.74, 6) is 1.88. The van der Waals surface area contributed by atoms with E-state index in [1.165, 1.54) is 0 Å². The molecule has 0 spiro atoms. The zero-order chi connectivity index (χ0) is 20.4. The van der Waals surface area contributed by atoms with E-state index in [0.717, 1.165) is 62.7 Å². The second-order valence-corrected chi connectivity index (χ2v) is 7.25. The van der Waals surface area contributed by atoms with Crippen LogP contribution in [0.1, 0.15) is 31.7 Å². The Kier molecular flexibility index (Phi) is 12.0. The van der Waals surface area contributed by atoms with Gasteiger partial charge < -0.3 is 20.3 Å². The molecule has 7 nitrogen and oxygen atoms in total. The van der Waals surface area contributed by atoms with E-state index in [0.29, 0.717) is 6.54 Å². The first-order valence-electron chi connectivity index (χ1n) is 10.2.